The number of esters is 1. The molecular formula is C23H30N2O3S. The standard InChI is InChI=1S/C23H30N2O3S/c1-23(2,3)17-10-8-16(9-11-17)19-14-18(21(29-19)22(27)28-4)24-20(26)15-25-12-6-5-7-13-25/h8-11,14H,5-7,12-13,15H2,1-4H3,(H,24,26). The molecule has 2 heterocycles. The monoisotopic (exact) mass is 414 g/mol. The summed E-state index contributed by atoms with van der Waals surface area (Å²) < 4.78 is 4.93. The van der Waals surface area contributed by atoms with Gasteiger partial charge in [0.05, 0.1) is 19.3 Å². The molecule has 1 amide bonds. The van der Waals surface area contributed by atoms with E-state index in [0.717, 1.165) is 36.4 Å². The predicted molar refractivity (Wildman–Crippen MR) is 119 cm³/mol. The van der Waals surface area contributed by atoms with Gasteiger partial charge in [-0.15, -0.1) is 11.3 Å². The quantitative estimate of drug-likeness (QED) is 0.705. The van der Waals surface area contributed by atoms with Crippen LogP contribution in [0, 0.1) is 0 Å². The summed E-state index contributed by atoms with van der Waals surface area (Å²) in [5.41, 5.74) is 2.88. The molecule has 0 spiro atoms. The van der Waals surface area contributed by atoms with Crippen LogP contribution >= 0.6 is 11.3 Å². The molecule has 0 unspecified atom stereocenters. The van der Waals surface area contributed by atoms with E-state index in [0.29, 0.717) is 17.1 Å². The van der Waals surface area contributed by atoms with Gasteiger partial charge in [0.15, 0.2) is 0 Å². The highest BCUT2D eigenvalue weighted by Crippen LogP contribution is 2.36. The summed E-state index contributed by atoms with van der Waals surface area (Å²) in [5, 5.41) is 2.93. The van der Waals surface area contributed by atoms with E-state index < -0.39 is 5.97 Å². The van der Waals surface area contributed by atoms with E-state index >= 15 is 0 Å². The molecule has 0 atom stereocenters. The van der Waals surface area contributed by atoms with Crippen molar-refractivity contribution in [3.05, 3.63) is 40.8 Å². The van der Waals surface area contributed by atoms with Gasteiger partial charge in [0.25, 0.3) is 0 Å². The first-order chi connectivity index (χ1) is 13.8. The van der Waals surface area contributed by atoms with Crippen molar-refractivity contribution < 1.29 is 14.3 Å². The number of nitrogens with one attached hydrogen (secondary N) is 1. The number of anilines is 1. The Bertz CT molecular complexity index is 859. The summed E-state index contributed by atoms with van der Waals surface area (Å²) in [6, 6.07) is 10.2. The lowest BCUT2D eigenvalue weighted by Crippen LogP contribution is -2.36. The summed E-state index contributed by atoms with van der Waals surface area (Å²) in [5.74, 6) is -0.523. The second-order valence-electron chi connectivity index (χ2n) is 8.56. The minimum Gasteiger partial charge on any atom is -0.465 e. The fourth-order valence-corrected chi connectivity index (χ4v) is 4.55. The minimum absolute atomic E-state index is 0.0821. The average molecular weight is 415 g/mol. The van der Waals surface area contributed by atoms with Crippen LogP contribution in [0.3, 0.4) is 0 Å². The number of likely N-dealkylation sites (tertiary alicyclic amines) is 1. The molecule has 29 heavy (non-hydrogen) atoms. The molecule has 0 saturated carbocycles. The molecule has 2 aromatic rings. The molecule has 6 heteroatoms. The Kier molecular flexibility index (Phi) is 6.75. The van der Waals surface area contributed by atoms with Crippen molar-refractivity contribution in [2.75, 3.05) is 32.1 Å². The van der Waals surface area contributed by atoms with Crippen LogP contribution in [0.5, 0.6) is 0 Å². The van der Waals surface area contributed by atoms with Gasteiger partial charge in [-0.2, -0.15) is 0 Å². The number of ether oxygens (including phenoxy) is 1. The van der Waals surface area contributed by atoms with Crippen molar-refractivity contribution in [3.63, 3.8) is 0 Å². The third-order valence-corrected chi connectivity index (χ3v) is 6.39. The zero-order chi connectivity index (χ0) is 21.0. The molecule has 5 nitrogen and oxygen atoms in total. The molecule has 1 N–H and O–H groups in total. The summed E-state index contributed by atoms with van der Waals surface area (Å²) in [6.45, 7) is 8.79. The van der Waals surface area contributed by atoms with Gasteiger partial charge in [0.1, 0.15) is 4.88 Å². The van der Waals surface area contributed by atoms with Gasteiger partial charge in [-0.25, -0.2) is 4.79 Å². The van der Waals surface area contributed by atoms with Crippen molar-refractivity contribution in [3.8, 4) is 10.4 Å². The van der Waals surface area contributed by atoms with Crippen molar-refractivity contribution in [2.24, 2.45) is 0 Å². The van der Waals surface area contributed by atoms with Crippen molar-refractivity contribution in [1.29, 1.82) is 0 Å². The highest BCUT2D eigenvalue weighted by molar-refractivity contribution is 7.18. The Balaban J connectivity index is 1.80. The van der Waals surface area contributed by atoms with Gasteiger partial charge in [0, 0.05) is 4.88 Å². The van der Waals surface area contributed by atoms with Gasteiger partial charge < -0.3 is 10.1 Å². The van der Waals surface area contributed by atoms with Crippen LogP contribution in [0.2, 0.25) is 0 Å². The summed E-state index contributed by atoms with van der Waals surface area (Å²) in [7, 11) is 1.36. The first kappa shape index (κ1) is 21.5. The van der Waals surface area contributed by atoms with E-state index in [2.05, 4.69) is 55.3 Å². The number of rotatable bonds is 5. The largest absolute Gasteiger partial charge is 0.465 e. The number of piperidine rings is 1. The number of carbonyl (C=O) groups excluding carboxylic acids is 2. The number of hydrogen-bond donors (Lipinski definition) is 1. The van der Waals surface area contributed by atoms with Gasteiger partial charge in [-0.05, 0) is 48.5 Å². The third kappa shape index (κ3) is 5.46. The maximum atomic E-state index is 12.5. The predicted octanol–water partition coefficient (Wildman–Crippen LogP) is 4.92. The van der Waals surface area contributed by atoms with Gasteiger partial charge in [0.2, 0.25) is 5.91 Å². The highest BCUT2D eigenvalue weighted by atomic mass is 32.1. The molecule has 1 saturated heterocycles. The first-order valence-corrected chi connectivity index (χ1v) is 10.9. The smallest absolute Gasteiger partial charge is 0.350 e. The summed E-state index contributed by atoms with van der Waals surface area (Å²) >= 11 is 1.34. The van der Waals surface area contributed by atoms with E-state index in [9.17, 15) is 9.59 Å². The maximum Gasteiger partial charge on any atom is 0.350 e. The Morgan fingerprint density at radius 1 is 1.10 bits per heavy atom. The van der Waals surface area contributed by atoms with Crippen LogP contribution in [0.25, 0.3) is 10.4 Å². The minimum atomic E-state index is -0.430. The highest BCUT2D eigenvalue weighted by Gasteiger charge is 2.21. The van der Waals surface area contributed by atoms with Crippen LogP contribution < -0.4 is 5.32 Å². The molecule has 0 radical (unpaired) electrons. The lowest BCUT2D eigenvalue weighted by atomic mass is 9.86. The molecule has 1 fully saturated rings. The number of nitrogens with zero attached hydrogens (tertiary/aromatic N) is 1. The van der Waals surface area contributed by atoms with E-state index in [1.54, 1.807) is 0 Å². The number of amides is 1. The fourth-order valence-electron chi connectivity index (χ4n) is 3.52. The van der Waals surface area contributed by atoms with Gasteiger partial charge >= 0.3 is 5.97 Å². The molecule has 0 bridgehead atoms. The average Bonchev–Trinajstić information content (AvgIpc) is 3.11. The Labute approximate surface area is 177 Å². The molecule has 1 aliphatic rings. The zero-order valence-corrected chi connectivity index (χ0v) is 18.5. The van der Waals surface area contributed by atoms with Gasteiger partial charge in [-0.1, -0.05) is 51.5 Å². The normalized spacial score (nSPS) is 15.2. The molecule has 1 aliphatic heterocycles. The van der Waals surface area contributed by atoms with Crippen LogP contribution in [-0.2, 0) is 14.9 Å². The Morgan fingerprint density at radius 3 is 2.34 bits per heavy atom. The van der Waals surface area contributed by atoms with Crippen LogP contribution in [0.1, 0.15) is 55.3 Å². The van der Waals surface area contributed by atoms with E-state index in [1.165, 1.54) is 30.4 Å². The molecule has 156 valence electrons. The van der Waals surface area contributed by atoms with Crippen LogP contribution in [0.15, 0.2) is 30.3 Å². The molecule has 1 aromatic carbocycles. The van der Waals surface area contributed by atoms with E-state index in [4.69, 9.17) is 4.74 Å². The SMILES string of the molecule is COC(=O)c1sc(-c2ccc(C(C)(C)C)cc2)cc1NC(=O)CN1CCCCC1. The second kappa shape index (κ2) is 9.09. The van der Waals surface area contributed by atoms with Gasteiger partial charge in [-0.3, -0.25) is 9.69 Å². The van der Waals surface area contributed by atoms with Crippen molar-refractivity contribution in [2.45, 2.75) is 45.4 Å². The number of benzene rings is 1. The lowest BCUT2D eigenvalue weighted by Gasteiger charge is -2.25. The molecule has 1 aromatic heterocycles. The Morgan fingerprint density at radius 2 is 1.76 bits per heavy atom. The topological polar surface area (TPSA) is 58.6 Å². The molecular weight excluding hydrogens is 384 g/mol. The van der Waals surface area contributed by atoms with Crippen LogP contribution in [-0.4, -0.2) is 43.5 Å². The second-order valence-corrected chi connectivity index (χ2v) is 9.61. The van der Waals surface area contributed by atoms with E-state index in [-0.39, 0.29) is 11.3 Å². The van der Waals surface area contributed by atoms with Crippen molar-refractivity contribution >= 4 is 28.9 Å². The number of carbonyl (C=O) groups is 2. The maximum absolute atomic E-state index is 12.5. The molecule has 0 aliphatic carbocycles. The fraction of sp³-hybridized carbons (Fsp3) is 0.478. The number of methoxy groups -OCH3 is 1. The number of thiophene rings is 1. The van der Waals surface area contributed by atoms with E-state index in [1.807, 2.05) is 6.07 Å². The lowest BCUT2D eigenvalue weighted by molar-refractivity contribution is -0.117. The summed E-state index contributed by atoms with van der Waals surface area (Å²) in [6.07, 6.45) is 3.49. The Hall–Kier alpha value is -2.18. The first-order valence-electron chi connectivity index (χ1n) is 10.1. The molecule has 3 rings (SSSR count). The third-order valence-electron chi connectivity index (χ3n) is 5.23. The van der Waals surface area contributed by atoms with Crippen molar-refractivity contribution in [1.82, 2.24) is 4.90 Å². The number of hydrogen-bond acceptors (Lipinski definition) is 5. The summed E-state index contributed by atoms with van der Waals surface area (Å²) in [4.78, 5) is 28.3. The van der Waals surface area contributed by atoms with Crippen LogP contribution in [0.4, 0.5) is 5.69 Å². The zero-order valence-electron chi connectivity index (χ0n) is 17.7.